The molecule has 0 saturated heterocycles. The van der Waals surface area contributed by atoms with E-state index in [-0.39, 0.29) is 5.91 Å². The largest absolute Gasteiger partial charge is 0.383 e. The van der Waals surface area contributed by atoms with Gasteiger partial charge in [-0.15, -0.1) is 11.3 Å². The molecule has 2 N–H and O–H groups in total. The SMILES string of the molecule is COCCNC(=O)CNCc1ccc(C)s1. The molecule has 4 nitrogen and oxygen atoms in total. The second kappa shape index (κ2) is 7.38. The first kappa shape index (κ1) is 13.2. The van der Waals surface area contributed by atoms with E-state index in [4.69, 9.17) is 4.74 Å². The van der Waals surface area contributed by atoms with Crippen molar-refractivity contribution >= 4 is 17.2 Å². The summed E-state index contributed by atoms with van der Waals surface area (Å²) in [5, 5.41) is 5.85. The summed E-state index contributed by atoms with van der Waals surface area (Å²) in [5.41, 5.74) is 0. The minimum absolute atomic E-state index is 0.00493. The molecule has 0 aliphatic carbocycles. The second-order valence-corrected chi connectivity index (χ2v) is 4.83. The Morgan fingerprint density at radius 2 is 2.31 bits per heavy atom. The number of thiophene rings is 1. The molecule has 1 amide bonds. The van der Waals surface area contributed by atoms with E-state index in [9.17, 15) is 4.79 Å². The van der Waals surface area contributed by atoms with E-state index in [1.54, 1.807) is 18.4 Å². The Bertz CT molecular complexity index is 326. The Hall–Kier alpha value is -0.910. The van der Waals surface area contributed by atoms with Gasteiger partial charge in [-0.2, -0.15) is 0 Å². The zero-order chi connectivity index (χ0) is 11.8. The molecule has 0 aliphatic heterocycles. The molecule has 0 atom stereocenters. The molecular formula is C11H18N2O2S. The van der Waals surface area contributed by atoms with Crippen LogP contribution < -0.4 is 10.6 Å². The summed E-state index contributed by atoms with van der Waals surface area (Å²) in [6.07, 6.45) is 0. The van der Waals surface area contributed by atoms with Crippen LogP contribution in [0.3, 0.4) is 0 Å². The Kier molecular flexibility index (Phi) is 6.07. The third kappa shape index (κ3) is 5.25. The van der Waals surface area contributed by atoms with Crippen LogP contribution in [0.1, 0.15) is 9.75 Å². The van der Waals surface area contributed by atoms with Crippen LogP contribution in [0.2, 0.25) is 0 Å². The van der Waals surface area contributed by atoms with Crippen molar-refractivity contribution < 1.29 is 9.53 Å². The Morgan fingerprint density at radius 1 is 1.50 bits per heavy atom. The van der Waals surface area contributed by atoms with Crippen molar-refractivity contribution in [3.63, 3.8) is 0 Å². The lowest BCUT2D eigenvalue weighted by Crippen LogP contribution is -2.35. The second-order valence-electron chi connectivity index (χ2n) is 3.46. The molecule has 1 aromatic rings. The van der Waals surface area contributed by atoms with Crippen LogP contribution in [-0.2, 0) is 16.1 Å². The van der Waals surface area contributed by atoms with E-state index >= 15 is 0 Å². The number of hydrogen-bond donors (Lipinski definition) is 2. The molecule has 90 valence electrons. The van der Waals surface area contributed by atoms with Gasteiger partial charge in [0.25, 0.3) is 0 Å². The maximum absolute atomic E-state index is 11.3. The summed E-state index contributed by atoms with van der Waals surface area (Å²) in [6.45, 7) is 4.29. The minimum Gasteiger partial charge on any atom is -0.383 e. The van der Waals surface area contributed by atoms with Gasteiger partial charge in [-0.1, -0.05) is 0 Å². The Morgan fingerprint density at radius 3 is 2.94 bits per heavy atom. The average Bonchev–Trinajstić information content (AvgIpc) is 2.65. The van der Waals surface area contributed by atoms with E-state index in [0.717, 1.165) is 6.54 Å². The fraction of sp³-hybridized carbons (Fsp3) is 0.545. The number of nitrogens with one attached hydrogen (secondary N) is 2. The molecule has 0 bridgehead atoms. The Labute approximate surface area is 100 Å². The fourth-order valence-corrected chi connectivity index (χ4v) is 2.09. The number of ether oxygens (including phenoxy) is 1. The van der Waals surface area contributed by atoms with Crippen molar-refractivity contribution in [2.24, 2.45) is 0 Å². The molecule has 16 heavy (non-hydrogen) atoms. The third-order valence-electron chi connectivity index (χ3n) is 2.01. The third-order valence-corrected chi connectivity index (χ3v) is 3.01. The normalized spacial score (nSPS) is 10.4. The molecule has 1 rings (SSSR count). The zero-order valence-electron chi connectivity index (χ0n) is 9.71. The van der Waals surface area contributed by atoms with Crippen LogP contribution in [0.25, 0.3) is 0 Å². The Balaban J connectivity index is 2.08. The van der Waals surface area contributed by atoms with E-state index < -0.39 is 0 Å². The van der Waals surface area contributed by atoms with Crippen LogP contribution in [0.15, 0.2) is 12.1 Å². The van der Waals surface area contributed by atoms with E-state index in [0.29, 0.717) is 19.7 Å². The lowest BCUT2D eigenvalue weighted by Gasteiger charge is -2.05. The molecule has 0 spiro atoms. The molecule has 0 saturated carbocycles. The molecular weight excluding hydrogens is 224 g/mol. The molecule has 0 radical (unpaired) electrons. The molecule has 1 aromatic heterocycles. The molecule has 0 fully saturated rings. The number of aryl methyl sites for hydroxylation is 1. The zero-order valence-corrected chi connectivity index (χ0v) is 10.5. The fourth-order valence-electron chi connectivity index (χ4n) is 1.23. The van der Waals surface area contributed by atoms with Gasteiger partial charge in [-0.05, 0) is 19.1 Å². The highest BCUT2D eigenvalue weighted by Crippen LogP contribution is 2.14. The summed E-state index contributed by atoms with van der Waals surface area (Å²) >= 11 is 1.75. The first-order valence-corrected chi connectivity index (χ1v) is 6.05. The number of hydrogen-bond acceptors (Lipinski definition) is 4. The smallest absolute Gasteiger partial charge is 0.234 e. The molecule has 0 aromatic carbocycles. The lowest BCUT2D eigenvalue weighted by atomic mass is 10.4. The standard InChI is InChI=1S/C11H18N2O2S/c1-9-3-4-10(16-9)7-12-8-11(14)13-5-6-15-2/h3-4,12H,5-8H2,1-2H3,(H,13,14). The lowest BCUT2D eigenvalue weighted by molar-refractivity contribution is -0.120. The monoisotopic (exact) mass is 242 g/mol. The van der Waals surface area contributed by atoms with Crippen LogP contribution in [0.5, 0.6) is 0 Å². The van der Waals surface area contributed by atoms with Crippen molar-refractivity contribution in [3.05, 3.63) is 21.9 Å². The van der Waals surface area contributed by atoms with Crippen LogP contribution in [0, 0.1) is 6.92 Å². The maximum Gasteiger partial charge on any atom is 0.234 e. The van der Waals surface area contributed by atoms with Gasteiger partial charge in [0, 0.05) is 30.0 Å². The molecule has 1 heterocycles. The number of amides is 1. The van der Waals surface area contributed by atoms with Crippen molar-refractivity contribution in [1.82, 2.24) is 10.6 Å². The van der Waals surface area contributed by atoms with Gasteiger partial charge >= 0.3 is 0 Å². The number of carbonyl (C=O) groups excluding carboxylic acids is 1. The van der Waals surface area contributed by atoms with Crippen LogP contribution in [-0.4, -0.2) is 32.7 Å². The predicted molar refractivity (Wildman–Crippen MR) is 65.6 cm³/mol. The van der Waals surface area contributed by atoms with Crippen molar-refractivity contribution in [2.45, 2.75) is 13.5 Å². The van der Waals surface area contributed by atoms with Crippen LogP contribution in [0.4, 0.5) is 0 Å². The van der Waals surface area contributed by atoms with Gasteiger partial charge in [-0.25, -0.2) is 0 Å². The van der Waals surface area contributed by atoms with Gasteiger partial charge < -0.3 is 15.4 Å². The summed E-state index contributed by atoms with van der Waals surface area (Å²) in [5.74, 6) is 0.00493. The predicted octanol–water partition coefficient (Wildman–Crippen LogP) is 0.909. The van der Waals surface area contributed by atoms with Gasteiger partial charge in [0.1, 0.15) is 0 Å². The van der Waals surface area contributed by atoms with E-state index in [1.165, 1.54) is 9.75 Å². The van der Waals surface area contributed by atoms with E-state index in [2.05, 4.69) is 29.7 Å². The minimum atomic E-state index is 0.00493. The van der Waals surface area contributed by atoms with Crippen molar-refractivity contribution in [2.75, 3.05) is 26.8 Å². The van der Waals surface area contributed by atoms with Crippen LogP contribution >= 0.6 is 11.3 Å². The van der Waals surface area contributed by atoms with E-state index in [1.807, 2.05) is 0 Å². The van der Waals surface area contributed by atoms with Gasteiger partial charge in [0.15, 0.2) is 0 Å². The summed E-state index contributed by atoms with van der Waals surface area (Å²) in [7, 11) is 1.61. The summed E-state index contributed by atoms with van der Waals surface area (Å²) in [4.78, 5) is 13.8. The van der Waals surface area contributed by atoms with Gasteiger partial charge in [-0.3, -0.25) is 4.79 Å². The van der Waals surface area contributed by atoms with Gasteiger partial charge in [0.2, 0.25) is 5.91 Å². The first-order chi connectivity index (χ1) is 7.72. The highest BCUT2D eigenvalue weighted by molar-refractivity contribution is 7.11. The summed E-state index contributed by atoms with van der Waals surface area (Å²) < 4.78 is 4.84. The summed E-state index contributed by atoms with van der Waals surface area (Å²) in [6, 6.07) is 4.16. The van der Waals surface area contributed by atoms with Gasteiger partial charge in [0.05, 0.1) is 13.2 Å². The van der Waals surface area contributed by atoms with Crippen molar-refractivity contribution in [3.8, 4) is 0 Å². The highest BCUT2D eigenvalue weighted by atomic mass is 32.1. The maximum atomic E-state index is 11.3. The molecule has 0 unspecified atom stereocenters. The average molecular weight is 242 g/mol. The molecule has 5 heteroatoms. The number of carbonyl (C=O) groups is 1. The topological polar surface area (TPSA) is 50.4 Å². The quantitative estimate of drug-likeness (QED) is 0.699. The number of methoxy groups -OCH3 is 1. The highest BCUT2D eigenvalue weighted by Gasteiger charge is 2.00. The first-order valence-electron chi connectivity index (χ1n) is 5.24. The molecule has 0 aliphatic rings. The number of rotatable bonds is 7. The van der Waals surface area contributed by atoms with Crippen molar-refractivity contribution in [1.29, 1.82) is 0 Å².